The lowest BCUT2D eigenvalue weighted by molar-refractivity contribution is 0.0810. The molecule has 142 valence electrons. The molecule has 3 rings (SSSR count). The van der Waals surface area contributed by atoms with Crippen LogP contribution in [0.5, 0.6) is 5.75 Å². The molecule has 0 unspecified atom stereocenters. The highest BCUT2D eigenvalue weighted by atomic mass is 32.2. The van der Waals surface area contributed by atoms with Crippen LogP contribution in [-0.2, 0) is 10.0 Å². The summed E-state index contributed by atoms with van der Waals surface area (Å²) in [7, 11) is -3.89. The molecule has 0 saturated heterocycles. The fourth-order valence-electron chi connectivity index (χ4n) is 2.91. The average molecular weight is 393 g/mol. The number of benzene rings is 2. The molecule has 0 aliphatic rings. The predicted molar refractivity (Wildman–Crippen MR) is 97.3 cm³/mol. The Morgan fingerprint density at radius 3 is 2.41 bits per heavy atom. The van der Waals surface area contributed by atoms with E-state index < -0.39 is 23.1 Å². The van der Waals surface area contributed by atoms with Gasteiger partial charge in [-0.15, -0.1) is 0 Å². The van der Waals surface area contributed by atoms with Crippen LogP contribution in [0.4, 0.5) is 8.78 Å². The number of rotatable bonds is 6. The third kappa shape index (κ3) is 3.44. The van der Waals surface area contributed by atoms with Crippen LogP contribution in [0.1, 0.15) is 21.5 Å². The lowest BCUT2D eigenvalue weighted by Crippen LogP contribution is -2.13. The monoisotopic (exact) mass is 393 g/mol. The molecular formula is C19H17F2NO4S. The van der Waals surface area contributed by atoms with E-state index in [1.165, 1.54) is 30.5 Å². The van der Waals surface area contributed by atoms with Gasteiger partial charge in [-0.2, -0.15) is 0 Å². The van der Waals surface area contributed by atoms with E-state index in [0.29, 0.717) is 22.8 Å². The smallest absolute Gasteiger partial charge is 0.272 e. The zero-order valence-electron chi connectivity index (χ0n) is 14.6. The number of ether oxygens (including phenoxy) is 1. The molecule has 3 aromatic rings. The van der Waals surface area contributed by atoms with E-state index >= 15 is 0 Å². The lowest BCUT2D eigenvalue weighted by Gasteiger charge is -2.13. The van der Waals surface area contributed by atoms with Gasteiger partial charge >= 0.3 is 0 Å². The summed E-state index contributed by atoms with van der Waals surface area (Å²) in [5.74, 6) is 0.000726. The van der Waals surface area contributed by atoms with Crippen molar-refractivity contribution in [3.05, 3.63) is 59.3 Å². The molecule has 0 spiro atoms. The Balaban J connectivity index is 2.19. The number of halogens is 2. The lowest BCUT2D eigenvalue weighted by atomic mass is 10.1. The first-order chi connectivity index (χ1) is 12.8. The minimum absolute atomic E-state index is 0.000726. The Morgan fingerprint density at radius 1 is 1.15 bits per heavy atom. The zero-order chi connectivity index (χ0) is 19.8. The van der Waals surface area contributed by atoms with E-state index in [1.54, 1.807) is 19.1 Å². The molecule has 0 radical (unpaired) electrons. The largest absolute Gasteiger partial charge is 0.487 e. The average Bonchev–Trinajstić information content (AvgIpc) is 3.07. The standard InChI is InChI=1S/C19H17F2NO4S/c1-12-3-5-14(6-4-12)27(24,25)22-8-7-15-16(10-23)17(26-11-18(20)21)9-13(2)19(15)22/h3-10,18H,11H2,1-2H3. The molecule has 0 amide bonds. The Labute approximate surface area is 155 Å². The number of alkyl halides is 2. The maximum Gasteiger partial charge on any atom is 0.272 e. The third-order valence-corrected chi connectivity index (χ3v) is 5.88. The van der Waals surface area contributed by atoms with Gasteiger partial charge in [0.05, 0.1) is 16.0 Å². The molecule has 0 atom stereocenters. The molecule has 27 heavy (non-hydrogen) atoms. The number of aldehydes is 1. The Kier molecular flexibility index (Phi) is 5.01. The summed E-state index contributed by atoms with van der Waals surface area (Å²) < 4.78 is 57.1. The zero-order valence-corrected chi connectivity index (χ0v) is 15.5. The van der Waals surface area contributed by atoms with Crippen molar-refractivity contribution in [2.75, 3.05) is 6.61 Å². The highest BCUT2D eigenvalue weighted by molar-refractivity contribution is 7.90. The number of hydrogen-bond acceptors (Lipinski definition) is 4. The van der Waals surface area contributed by atoms with Crippen molar-refractivity contribution in [1.29, 1.82) is 0 Å². The van der Waals surface area contributed by atoms with Crippen molar-refractivity contribution < 1.29 is 26.7 Å². The molecule has 0 saturated carbocycles. The summed E-state index contributed by atoms with van der Waals surface area (Å²) in [6, 6.07) is 9.26. The van der Waals surface area contributed by atoms with Gasteiger partial charge < -0.3 is 4.74 Å². The van der Waals surface area contributed by atoms with Crippen LogP contribution in [0, 0.1) is 13.8 Å². The molecule has 8 heteroatoms. The third-order valence-electron chi connectivity index (χ3n) is 4.19. The molecular weight excluding hydrogens is 376 g/mol. The number of nitrogens with zero attached hydrogens (tertiary/aromatic N) is 1. The van der Waals surface area contributed by atoms with Crippen LogP contribution >= 0.6 is 0 Å². The van der Waals surface area contributed by atoms with E-state index in [-0.39, 0.29) is 16.2 Å². The molecule has 0 aliphatic heterocycles. The van der Waals surface area contributed by atoms with E-state index in [4.69, 9.17) is 4.74 Å². The second-order valence-electron chi connectivity index (χ2n) is 6.12. The van der Waals surface area contributed by atoms with Gasteiger partial charge in [-0.3, -0.25) is 4.79 Å². The highest BCUT2D eigenvalue weighted by Crippen LogP contribution is 2.33. The van der Waals surface area contributed by atoms with Crippen LogP contribution < -0.4 is 4.74 Å². The molecule has 2 aromatic carbocycles. The molecule has 0 N–H and O–H groups in total. The molecule has 1 heterocycles. The normalized spacial score (nSPS) is 11.9. The number of carbonyl (C=O) groups is 1. The van der Waals surface area contributed by atoms with Crippen molar-refractivity contribution in [3.8, 4) is 5.75 Å². The predicted octanol–water partition coefficient (Wildman–Crippen LogP) is 3.95. The summed E-state index contributed by atoms with van der Waals surface area (Å²) in [5, 5.41) is 0.324. The number of carbonyl (C=O) groups excluding carboxylic acids is 1. The van der Waals surface area contributed by atoms with Gasteiger partial charge in [0.15, 0.2) is 6.29 Å². The number of fused-ring (bicyclic) bond motifs is 1. The first-order valence-electron chi connectivity index (χ1n) is 8.08. The summed E-state index contributed by atoms with van der Waals surface area (Å²) in [6.45, 7) is 2.63. The number of aromatic nitrogens is 1. The van der Waals surface area contributed by atoms with Crippen molar-refractivity contribution >= 4 is 27.2 Å². The first kappa shape index (κ1) is 19.0. The van der Waals surface area contributed by atoms with Gasteiger partial charge in [-0.1, -0.05) is 17.7 Å². The van der Waals surface area contributed by atoms with Crippen LogP contribution in [0.15, 0.2) is 47.5 Å². The molecule has 0 fully saturated rings. The van der Waals surface area contributed by atoms with Gasteiger partial charge in [0.25, 0.3) is 16.4 Å². The van der Waals surface area contributed by atoms with E-state index in [1.807, 2.05) is 6.92 Å². The maximum absolute atomic E-state index is 13.0. The van der Waals surface area contributed by atoms with Crippen molar-refractivity contribution in [3.63, 3.8) is 0 Å². The van der Waals surface area contributed by atoms with E-state index in [0.717, 1.165) is 9.54 Å². The van der Waals surface area contributed by atoms with Gasteiger partial charge in [-0.25, -0.2) is 21.2 Å². The summed E-state index contributed by atoms with van der Waals surface area (Å²) in [4.78, 5) is 11.6. The minimum Gasteiger partial charge on any atom is -0.487 e. The Bertz CT molecular complexity index is 1100. The van der Waals surface area contributed by atoms with Crippen molar-refractivity contribution in [1.82, 2.24) is 3.97 Å². The SMILES string of the molecule is Cc1ccc(S(=O)(=O)n2ccc3c(C=O)c(OCC(F)F)cc(C)c32)cc1. The second-order valence-corrected chi connectivity index (χ2v) is 7.93. The maximum atomic E-state index is 13.0. The quantitative estimate of drug-likeness (QED) is 0.595. The molecule has 5 nitrogen and oxygen atoms in total. The van der Waals surface area contributed by atoms with Crippen molar-refractivity contribution in [2.24, 2.45) is 0 Å². The van der Waals surface area contributed by atoms with Gasteiger partial charge in [0.1, 0.15) is 12.4 Å². The highest BCUT2D eigenvalue weighted by Gasteiger charge is 2.23. The fraction of sp³-hybridized carbons (Fsp3) is 0.211. The fourth-order valence-corrected chi connectivity index (χ4v) is 4.32. The van der Waals surface area contributed by atoms with Gasteiger partial charge in [-0.05, 0) is 43.7 Å². The minimum atomic E-state index is -3.89. The Morgan fingerprint density at radius 2 is 1.81 bits per heavy atom. The van der Waals surface area contributed by atoms with Crippen LogP contribution in [0.3, 0.4) is 0 Å². The van der Waals surface area contributed by atoms with Crippen LogP contribution in [-0.4, -0.2) is 31.7 Å². The molecule has 0 aliphatic carbocycles. The van der Waals surface area contributed by atoms with E-state index in [2.05, 4.69) is 0 Å². The summed E-state index contributed by atoms with van der Waals surface area (Å²) in [5.41, 5.74) is 1.75. The number of hydrogen-bond donors (Lipinski definition) is 0. The Hall–Kier alpha value is -2.74. The van der Waals surface area contributed by atoms with Crippen LogP contribution in [0.25, 0.3) is 10.9 Å². The summed E-state index contributed by atoms with van der Waals surface area (Å²) >= 11 is 0. The van der Waals surface area contributed by atoms with Crippen LogP contribution in [0.2, 0.25) is 0 Å². The van der Waals surface area contributed by atoms with Crippen molar-refractivity contribution in [2.45, 2.75) is 25.2 Å². The first-order valence-corrected chi connectivity index (χ1v) is 9.52. The number of aryl methyl sites for hydroxylation is 2. The molecule has 0 bridgehead atoms. The summed E-state index contributed by atoms with van der Waals surface area (Å²) in [6.07, 6.45) is -0.866. The van der Waals surface area contributed by atoms with E-state index in [9.17, 15) is 22.0 Å². The molecule has 1 aromatic heterocycles. The van der Waals surface area contributed by atoms with Gasteiger partial charge in [0.2, 0.25) is 0 Å². The van der Waals surface area contributed by atoms with Gasteiger partial charge in [0, 0.05) is 11.6 Å². The second kappa shape index (κ2) is 7.11. The topological polar surface area (TPSA) is 65.4 Å².